The lowest BCUT2D eigenvalue weighted by molar-refractivity contribution is -0.348. The quantitative estimate of drug-likeness (QED) is 0.312. The van der Waals surface area contributed by atoms with Crippen LogP contribution in [-0.4, -0.2) is 58.6 Å². The largest absolute Gasteiger partial charge is 0.469 e. The highest BCUT2D eigenvalue weighted by atomic mass is 32.2. The van der Waals surface area contributed by atoms with Crippen LogP contribution >= 0.6 is 0 Å². The maximum Gasteiger partial charge on any atom is 0.435 e. The molecule has 1 saturated heterocycles. The summed E-state index contributed by atoms with van der Waals surface area (Å²) < 4.78 is 112. The normalized spacial score (nSPS) is 24.1. The Kier molecular flexibility index (Phi) is 9.32. The molecule has 2 aliphatic rings. The number of aliphatic hydroxyl groups excluding tert-OH is 1. The van der Waals surface area contributed by atoms with Gasteiger partial charge in [0, 0.05) is 29.5 Å². The molecule has 0 spiro atoms. The third kappa shape index (κ3) is 6.04. The number of aliphatic hydroxyl groups is 1. The van der Waals surface area contributed by atoms with Crippen molar-refractivity contribution in [2.75, 3.05) is 20.2 Å². The van der Waals surface area contributed by atoms with E-state index in [4.69, 9.17) is 4.74 Å². The van der Waals surface area contributed by atoms with E-state index in [-0.39, 0.29) is 54.4 Å². The zero-order valence-electron chi connectivity index (χ0n) is 23.0. The van der Waals surface area contributed by atoms with Gasteiger partial charge in [-0.3, -0.25) is 13.8 Å². The molecule has 1 heterocycles. The fourth-order valence-electron chi connectivity index (χ4n) is 5.94. The maximum atomic E-state index is 14.7. The minimum Gasteiger partial charge on any atom is -0.469 e. The summed E-state index contributed by atoms with van der Waals surface area (Å²) in [5.41, 5.74) is -6.81. The molecule has 2 unspecified atom stereocenters. The molecule has 2 atom stereocenters. The monoisotopic (exact) mass is 637 g/mol. The molecule has 0 bridgehead atoms. The highest BCUT2D eigenvalue weighted by molar-refractivity contribution is 7.86. The van der Waals surface area contributed by atoms with Crippen molar-refractivity contribution >= 4 is 22.7 Å². The SMILES string of the molecule is COC(=O)C1CCC(C(=O)N2CCC(c3ccc(C(F)(C(F)(F)F)C(F)(F)F)cc3)(S(=O)c3cccc(CO)c3)C2)CC1. The number of carbonyl (C=O) groups is 2. The molecule has 1 N–H and O–H groups in total. The Balaban J connectivity index is 1.69. The van der Waals surface area contributed by atoms with Gasteiger partial charge in [0.1, 0.15) is 0 Å². The number of halogens is 7. The fourth-order valence-corrected chi connectivity index (χ4v) is 7.75. The van der Waals surface area contributed by atoms with E-state index in [1.54, 1.807) is 6.07 Å². The predicted molar refractivity (Wildman–Crippen MR) is 140 cm³/mol. The summed E-state index contributed by atoms with van der Waals surface area (Å²) in [7, 11) is -0.718. The third-order valence-corrected chi connectivity index (χ3v) is 10.4. The number of nitrogens with zero attached hydrogens (tertiary/aromatic N) is 1. The summed E-state index contributed by atoms with van der Waals surface area (Å²) >= 11 is 0. The molecule has 2 fully saturated rings. The van der Waals surface area contributed by atoms with Gasteiger partial charge in [-0.25, -0.2) is 4.39 Å². The molecule has 1 aliphatic carbocycles. The van der Waals surface area contributed by atoms with Crippen molar-refractivity contribution in [1.82, 2.24) is 4.90 Å². The van der Waals surface area contributed by atoms with Gasteiger partial charge in [-0.2, -0.15) is 26.3 Å². The van der Waals surface area contributed by atoms with Crippen LogP contribution in [-0.2, 0) is 42.1 Å². The number of hydrogen-bond acceptors (Lipinski definition) is 5. The van der Waals surface area contributed by atoms with Gasteiger partial charge >= 0.3 is 24.0 Å². The van der Waals surface area contributed by atoms with Crippen LogP contribution < -0.4 is 0 Å². The number of hydrogen-bond donors (Lipinski definition) is 1. The van der Waals surface area contributed by atoms with Gasteiger partial charge in [0.25, 0.3) is 0 Å². The number of methoxy groups -OCH3 is 1. The van der Waals surface area contributed by atoms with Crippen LogP contribution in [0.1, 0.15) is 48.8 Å². The van der Waals surface area contributed by atoms with Crippen molar-refractivity contribution in [2.45, 2.75) is 66.4 Å². The smallest absolute Gasteiger partial charge is 0.435 e. The number of ether oxygens (including phenoxy) is 1. The van der Waals surface area contributed by atoms with Crippen molar-refractivity contribution in [1.29, 1.82) is 0 Å². The summed E-state index contributed by atoms with van der Waals surface area (Å²) in [5, 5.41) is 9.56. The Morgan fingerprint density at radius 3 is 2.07 bits per heavy atom. The van der Waals surface area contributed by atoms with Crippen LogP contribution in [0.15, 0.2) is 53.4 Å². The van der Waals surface area contributed by atoms with Crippen LogP contribution in [0.5, 0.6) is 0 Å². The second kappa shape index (κ2) is 12.2. The van der Waals surface area contributed by atoms with Crippen LogP contribution in [0.2, 0.25) is 0 Å². The molecule has 1 saturated carbocycles. The average molecular weight is 638 g/mol. The van der Waals surface area contributed by atoms with E-state index in [1.165, 1.54) is 30.2 Å². The second-order valence-electron chi connectivity index (χ2n) is 10.9. The number of amides is 1. The first-order chi connectivity index (χ1) is 20.1. The minimum absolute atomic E-state index is 0.0465. The topological polar surface area (TPSA) is 83.9 Å². The van der Waals surface area contributed by atoms with Crippen molar-refractivity contribution in [3.63, 3.8) is 0 Å². The van der Waals surface area contributed by atoms with Gasteiger partial charge < -0.3 is 14.7 Å². The molecule has 236 valence electrons. The molecule has 1 amide bonds. The van der Waals surface area contributed by atoms with E-state index in [0.717, 1.165) is 12.1 Å². The lowest BCUT2D eigenvalue weighted by Gasteiger charge is -2.33. The van der Waals surface area contributed by atoms with Crippen molar-refractivity contribution in [3.8, 4) is 0 Å². The van der Waals surface area contributed by atoms with Crippen molar-refractivity contribution in [2.24, 2.45) is 11.8 Å². The first kappa shape index (κ1) is 32.9. The van der Waals surface area contributed by atoms with E-state index < -0.39 is 45.0 Å². The predicted octanol–water partition coefficient (Wildman–Crippen LogP) is 5.68. The second-order valence-corrected chi connectivity index (χ2v) is 12.7. The highest BCUT2D eigenvalue weighted by Crippen LogP contribution is 2.53. The zero-order chi connectivity index (χ0) is 31.8. The molecule has 6 nitrogen and oxygen atoms in total. The molecule has 1 aliphatic heterocycles. The summed E-state index contributed by atoms with van der Waals surface area (Å²) in [6, 6.07) is 8.64. The van der Waals surface area contributed by atoms with E-state index in [0.29, 0.717) is 43.4 Å². The molecule has 43 heavy (non-hydrogen) atoms. The van der Waals surface area contributed by atoms with Gasteiger partial charge in [-0.05, 0) is 55.4 Å². The van der Waals surface area contributed by atoms with Crippen molar-refractivity contribution < 1.29 is 54.4 Å². The lowest BCUT2D eigenvalue weighted by Crippen LogP contribution is -2.50. The molecule has 0 radical (unpaired) electrons. The number of rotatable bonds is 7. The summed E-state index contributed by atoms with van der Waals surface area (Å²) in [5.74, 6) is -1.38. The highest BCUT2D eigenvalue weighted by Gasteiger charge is 2.73. The van der Waals surface area contributed by atoms with E-state index in [1.807, 2.05) is 0 Å². The molecular weight excluding hydrogens is 607 g/mol. The van der Waals surface area contributed by atoms with Gasteiger partial charge in [0.15, 0.2) is 0 Å². The molecular formula is C29H30F7NO5S. The first-order valence-electron chi connectivity index (χ1n) is 13.5. The Morgan fingerprint density at radius 1 is 0.953 bits per heavy atom. The first-order valence-corrected chi connectivity index (χ1v) is 14.7. The Labute approximate surface area is 245 Å². The van der Waals surface area contributed by atoms with E-state index in [2.05, 4.69) is 0 Å². The fraction of sp³-hybridized carbons (Fsp3) is 0.517. The van der Waals surface area contributed by atoms with Crippen LogP contribution in [0.3, 0.4) is 0 Å². The average Bonchev–Trinajstić information content (AvgIpc) is 3.45. The van der Waals surface area contributed by atoms with E-state index >= 15 is 0 Å². The molecule has 14 heteroatoms. The Morgan fingerprint density at radius 2 is 1.53 bits per heavy atom. The third-order valence-electron chi connectivity index (χ3n) is 8.39. The molecule has 0 aromatic heterocycles. The van der Waals surface area contributed by atoms with Gasteiger partial charge in [-0.1, -0.05) is 36.4 Å². The van der Waals surface area contributed by atoms with Crippen LogP contribution in [0, 0.1) is 11.8 Å². The zero-order valence-corrected chi connectivity index (χ0v) is 23.8. The van der Waals surface area contributed by atoms with E-state index in [9.17, 15) is 49.6 Å². The Hall–Kier alpha value is -3.00. The molecule has 4 rings (SSSR count). The Bertz CT molecular complexity index is 1340. The van der Waals surface area contributed by atoms with Gasteiger partial charge in [0.05, 0.1) is 35.2 Å². The summed E-state index contributed by atoms with van der Waals surface area (Å²) in [6.07, 6.45) is -10.8. The minimum atomic E-state index is -6.29. The molecule has 2 aromatic rings. The number of carbonyl (C=O) groups excluding carboxylic acids is 2. The summed E-state index contributed by atoms with van der Waals surface area (Å²) in [4.78, 5) is 27.1. The van der Waals surface area contributed by atoms with Crippen LogP contribution in [0.4, 0.5) is 30.7 Å². The number of esters is 1. The van der Waals surface area contributed by atoms with Gasteiger partial charge in [0.2, 0.25) is 5.91 Å². The number of benzene rings is 2. The summed E-state index contributed by atoms with van der Waals surface area (Å²) in [6.45, 7) is -0.447. The van der Waals surface area contributed by atoms with Gasteiger partial charge in [-0.15, -0.1) is 0 Å². The van der Waals surface area contributed by atoms with Crippen LogP contribution in [0.25, 0.3) is 0 Å². The number of alkyl halides is 7. The lowest BCUT2D eigenvalue weighted by atomic mass is 9.81. The molecule has 2 aromatic carbocycles. The van der Waals surface area contributed by atoms with Crippen molar-refractivity contribution in [3.05, 3.63) is 65.2 Å². The maximum absolute atomic E-state index is 14.7. The number of likely N-dealkylation sites (tertiary alicyclic amines) is 1. The standard InChI is InChI=1S/C29H30F7NO5S/c1-42-25(40)20-7-5-19(6-8-20)24(39)37-14-13-26(17-37,43(41)23-4-2-3-18(15-23)16-38)21-9-11-22(12-10-21)27(30,28(31,32)33)29(34,35)36/h2-4,9-12,15,19-20,38H,5-8,13-14,16-17H2,1H3.